The first-order chi connectivity index (χ1) is 5.99. The highest BCUT2D eigenvalue weighted by Gasteiger charge is 2.24. The Morgan fingerprint density at radius 1 is 1.46 bits per heavy atom. The van der Waals surface area contributed by atoms with E-state index in [1.54, 1.807) is 20.8 Å². The zero-order valence-corrected chi connectivity index (χ0v) is 8.16. The Labute approximate surface area is 77.6 Å². The smallest absolute Gasteiger partial charge is 0.328 e. The van der Waals surface area contributed by atoms with Crippen LogP contribution in [0.25, 0.3) is 0 Å². The summed E-state index contributed by atoms with van der Waals surface area (Å²) < 4.78 is 4.76. The van der Waals surface area contributed by atoms with Crippen molar-refractivity contribution >= 4 is 12.0 Å². The Bertz CT molecular complexity index is 192. The first-order valence-corrected chi connectivity index (χ1v) is 4.21. The van der Waals surface area contributed by atoms with Crippen molar-refractivity contribution < 1.29 is 14.3 Å². The number of urea groups is 1. The van der Waals surface area contributed by atoms with Gasteiger partial charge in [0.2, 0.25) is 0 Å². The maximum absolute atomic E-state index is 11.2. The minimum atomic E-state index is -0.716. The van der Waals surface area contributed by atoms with Crippen LogP contribution in [0.3, 0.4) is 0 Å². The van der Waals surface area contributed by atoms with E-state index in [9.17, 15) is 9.59 Å². The normalized spacial score (nSPS) is 12.3. The van der Waals surface area contributed by atoms with Crippen molar-refractivity contribution in [2.75, 3.05) is 6.61 Å². The van der Waals surface area contributed by atoms with E-state index in [1.807, 2.05) is 0 Å². The number of rotatable bonds is 4. The number of carbonyl (C=O) groups is 2. The summed E-state index contributed by atoms with van der Waals surface area (Å²) >= 11 is 0. The lowest BCUT2D eigenvalue weighted by atomic mass is 10.1. The van der Waals surface area contributed by atoms with Gasteiger partial charge in [-0.05, 0) is 12.8 Å². The molecule has 0 saturated heterocycles. The van der Waals surface area contributed by atoms with E-state index in [-0.39, 0.29) is 5.92 Å². The van der Waals surface area contributed by atoms with Gasteiger partial charge < -0.3 is 15.8 Å². The molecule has 76 valence electrons. The van der Waals surface area contributed by atoms with Crippen LogP contribution in [-0.4, -0.2) is 24.6 Å². The van der Waals surface area contributed by atoms with Crippen molar-refractivity contribution in [1.82, 2.24) is 5.32 Å². The van der Waals surface area contributed by atoms with Gasteiger partial charge in [-0.15, -0.1) is 0 Å². The molecule has 0 aromatic rings. The monoisotopic (exact) mass is 188 g/mol. The number of ether oxygens (including phenoxy) is 1. The van der Waals surface area contributed by atoms with Crippen LogP contribution in [0, 0.1) is 5.92 Å². The molecule has 0 heterocycles. The Balaban J connectivity index is 4.24. The van der Waals surface area contributed by atoms with Crippen LogP contribution in [0.5, 0.6) is 0 Å². The molecular weight excluding hydrogens is 172 g/mol. The van der Waals surface area contributed by atoms with Crippen LogP contribution < -0.4 is 11.1 Å². The highest BCUT2D eigenvalue weighted by atomic mass is 16.5. The summed E-state index contributed by atoms with van der Waals surface area (Å²) in [5.74, 6) is -0.483. The molecule has 5 heteroatoms. The van der Waals surface area contributed by atoms with E-state index >= 15 is 0 Å². The lowest BCUT2D eigenvalue weighted by Crippen LogP contribution is -2.47. The molecule has 1 atom stereocenters. The summed E-state index contributed by atoms with van der Waals surface area (Å²) in [5.41, 5.74) is 4.91. The van der Waals surface area contributed by atoms with Crippen LogP contribution in [-0.2, 0) is 9.53 Å². The summed E-state index contributed by atoms with van der Waals surface area (Å²) in [5, 5.41) is 2.33. The van der Waals surface area contributed by atoms with Crippen molar-refractivity contribution in [2.24, 2.45) is 11.7 Å². The van der Waals surface area contributed by atoms with Gasteiger partial charge in [0.25, 0.3) is 0 Å². The Kier molecular flexibility index (Phi) is 4.87. The summed E-state index contributed by atoms with van der Waals surface area (Å²) in [6.07, 6.45) is 0. The minimum Gasteiger partial charge on any atom is -0.464 e. The molecular formula is C8H16N2O3. The van der Waals surface area contributed by atoms with E-state index < -0.39 is 18.0 Å². The van der Waals surface area contributed by atoms with Crippen LogP contribution in [0.1, 0.15) is 20.8 Å². The third-order valence-corrected chi connectivity index (χ3v) is 1.50. The van der Waals surface area contributed by atoms with Gasteiger partial charge in [0, 0.05) is 0 Å². The number of hydrogen-bond acceptors (Lipinski definition) is 3. The van der Waals surface area contributed by atoms with E-state index in [1.165, 1.54) is 0 Å². The first kappa shape index (κ1) is 11.7. The average molecular weight is 188 g/mol. The summed E-state index contributed by atoms with van der Waals surface area (Å²) in [4.78, 5) is 21.8. The van der Waals surface area contributed by atoms with Crippen LogP contribution >= 0.6 is 0 Å². The van der Waals surface area contributed by atoms with Gasteiger partial charge in [-0.2, -0.15) is 0 Å². The van der Waals surface area contributed by atoms with E-state index in [4.69, 9.17) is 10.5 Å². The Hall–Kier alpha value is -1.26. The number of nitrogens with one attached hydrogen (secondary N) is 1. The fraction of sp³-hybridized carbons (Fsp3) is 0.750. The van der Waals surface area contributed by atoms with Crippen LogP contribution in [0.4, 0.5) is 4.79 Å². The summed E-state index contributed by atoms with van der Waals surface area (Å²) in [7, 11) is 0. The van der Waals surface area contributed by atoms with Crippen molar-refractivity contribution in [1.29, 1.82) is 0 Å². The predicted molar refractivity (Wildman–Crippen MR) is 48.0 cm³/mol. The van der Waals surface area contributed by atoms with Gasteiger partial charge in [-0.1, -0.05) is 13.8 Å². The largest absolute Gasteiger partial charge is 0.464 e. The van der Waals surface area contributed by atoms with E-state index in [0.717, 1.165) is 0 Å². The fourth-order valence-corrected chi connectivity index (χ4v) is 0.883. The average Bonchev–Trinajstić information content (AvgIpc) is 1.99. The molecule has 0 aliphatic rings. The molecule has 0 bridgehead atoms. The van der Waals surface area contributed by atoms with E-state index in [2.05, 4.69) is 5.32 Å². The van der Waals surface area contributed by atoms with Gasteiger partial charge in [0.05, 0.1) is 6.61 Å². The lowest BCUT2D eigenvalue weighted by Gasteiger charge is -2.18. The molecule has 0 fully saturated rings. The molecule has 0 spiro atoms. The minimum absolute atomic E-state index is 0.0356. The molecule has 0 saturated carbocycles. The van der Waals surface area contributed by atoms with Gasteiger partial charge >= 0.3 is 12.0 Å². The van der Waals surface area contributed by atoms with Crippen LogP contribution in [0.2, 0.25) is 0 Å². The molecule has 5 nitrogen and oxygen atoms in total. The molecule has 0 aliphatic carbocycles. The molecule has 0 rings (SSSR count). The summed E-state index contributed by atoms with van der Waals surface area (Å²) in [6.45, 7) is 5.61. The SMILES string of the molecule is CCOC(=O)C(NC(N)=O)C(C)C. The maximum atomic E-state index is 11.2. The molecule has 2 amide bonds. The molecule has 0 aliphatic heterocycles. The zero-order chi connectivity index (χ0) is 10.4. The number of amides is 2. The standard InChI is InChI=1S/C8H16N2O3/c1-4-13-7(11)6(5(2)3)10-8(9)12/h5-6H,4H2,1-3H3,(H3,9,10,12). The van der Waals surface area contributed by atoms with Crippen molar-refractivity contribution in [2.45, 2.75) is 26.8 Å². The van der Waals surface area contributed by atoms with Gasteiger partial charge in [-0.3, -0.25) is 0 Å². The van der Waals surface area contributed by atoms with Gasteiger partial charge in [0.1, 0.15) is 6.04 Å². The fourth-order valence-electron chi connectivity index (χ4n) is 0.883. The highest BCUT2D eigenvalue weighted by molar-refractivity contribution is 5.82. The number of hydrogen-bond donors (Lipinski definition) is 2. The topological polar surface area (TPSA) is 81.4 Å². The maximum Gasteiger partial charge on any atom is 0.328 e. The molecule has 1 unspecified atom stereocenters. The molecule has 0 aromatic carbocycles. The van der Waals surface area contributed by atoms with Gasteiger partial charge in [0.15, 0.2) is 0 Å². The number of carbonyl (C=O) groups excluding carboxylic acids is 2. The Morgan fingerprint density at radius 3 is 2.31 bits per heavy atom. The zero-order valence-electron chi connectivity index (χ0n) is 8.16. The first-order valence-electron chi connectivity index (χ1n) is 4.21. The second kappa shape index (κ2) is 5.40. The number of nitrogens with two attached hydrogens (primary N) is 1. The van der Waals surface area contributed by atoms with Crippen molar-refractivity contribution in [3.05, 3.63) is 0 Å². The Morgan fingerprint density at radius 2 is 2.00 bits per heavy atom. The number of primary amides is 1. The molecule has 3 N–H and O–H groups in total. The van der Waals surface area contributed by atoms with Gasteiger partial charge in [-0.25, -0.2) is 9.59 Å². The second-order valence-electron chi connectivity index (χ2n) is 2.98. The third-order valence-electron chi connectivity index (χ3n) is 1.50. The summed E-state index contributed by atoms with van der Waals surface area (Å²) in [6, 6.07) is -1.37. The van der Waals surface area contributed by atoms with Crippen molar-refractivity contribution in [3.63, 3.8) is 0 Å². The third kappa shape index (κ3) is 4.35. The highest BCUT2D eigenvalue weighted by Crippen LogP contribution is 2.03. The number of esters is 1. The quantitative estimate of drug-likeness (QED) is 0.620. The second-order valence-corrected chi connectivity index (χ2v) is 2.98. The van der Waals surface area contributed by atoms with Crippen molar-refractivity contribution in [3.8, 4) is 0 Å². The van der Waals surface area contributed by atoms with E-state index in [0.29, 0.717) is 6.61 Å². The molecule has 0 aromatic heterocycles. The lowest BCUT2D eigenvalue weighted by molar-refractivity contribution is -0.146. The predicted octanol–water partition coefficient (Wildman–Crippen LogP) is 0.242. The molecule has 13 heavy (non-hydrogen) atoms. The molecule has 0 radical (unpaired) electrons. The van der Waals surface area contributed by atoms with Crippen LogP contribution in [0.15, 0.2) is 0 Å².